The number of fused-ring (bicyclic) bond motifs is 1. The van der Waals surface area contributed by atoms with Gasteiger partial charge in [-0.25, -0.2) is 0 Å². The second kappa shape index (κ2) is 5.02. The largest absolute Gasteiger partial charge is 0.493 e. The molecular formula is C13H9F7O3. The highest BCUT2D eigenvalue weighted by Gasteiger charge is 2.81. The summed E-state index contributed by atoms with van der Waals surface area (Å²) in [5.41, 5.74) is 0.0557. The molecular weight excluding hydrogens is 337 g/mol. The van der Waals surface area contributed by atoms with Crippen LogP contribution in [0, 0.1) is 0 Å². The molecule has 1 aliphatic heterocycles. The van der Waals surface area contributed by atoms with Crippen molar-refractivity contribution in [3.05, 3.63) is 29.8 Å². The van der Waals surface area contributed by atoms with Gasteiger partial charge in [-0.1, -0.05) is 12.1 Å². The third-order valence-electron chi connectivity index (χ3n) is 3.18. The Hall–Kier alpha value is -1.97. The summed E-state index contributed by atoms with van der Waals surface area (Å²) in [5.74, 6) is -17.5. The summed E-state index contributed by atoms with van der Waals surface area (Å²) in [5, 5.41) is 9.67. The number of hydrogen-bond acceptors (Lipinski definition) is 3. The normalized spacial score (nSPS) is 21.6. The summed E-state index contributed by atoms with van der Waals surface area (Å²) < 4.78 is 99.7. The molecule has 1 aromatic rings. The molecule has 0 amide bonds. The van der Waals surface area contributed by atoms with E-state index in [4.69, 9.17) is 4.74 Å². The summed E-state index contributed by atoms with van der Waals surface area (Å²) >= 11 is 0. The zero-order chi connectivity index (χ0) is 17.7. The molecule has 0 radical (unpaired) electrons. The smallest absolute Gasteiger partial charge is 0.460 e. The molecule has 0 spiro atoms. The molecule has 0 fully saturated rings. The molecule has 1 aromatic carbocycles. The molecule has 2 rings (SSSR count). The monoisotopic (exact) mass is 346 g/mol. The number of methoxy groups -OCH3 is 1. The summed E-state index contributed by atoms with van der Waals surface area (Å²) in [6.45, 7) is 0. The molecule has 0 bridgehead atoms. The molecule has 3 nitrogen and oxygen atoms in total. The van der Waals surface area contributed by atoms with Crippen molar-refractivity contribution in [2.45, 2.75) is 23.8 Å². The first-order valence-corrected chi connectivity index (χ1v) is 5.97. The van der Waals surface area contributed by atoms with E-state index in [0.29, 0.717) is 0 Å². The second-order valence-corrected chi connectivity index (χ2v) is 4.66. The zero-order valence-electron chi connectivity index (χ0n) is 11.3. The average Bonchev–Trinajstić information content (AvgIpc) is 2.45. The van der Waals surface area contributed by atoms with Gasteiger partial charge in [0, 0.05) is 5.56 Å². The van der Waals surface area contributed by atoms with E-state index in [1.165, 1.54) is 18.2 Å². The van der Waals surface area contributed by atoms with Gasteiger partial charge in [0.25, 0.3) is 5.79 Å². The highest BCUT2D eigenvalue weighted by Crippen LogP contribution is 2.53. The number of aliphatic hydroxyl groups is 1. The van der Waals surface area contributed by atoms with Crippen molar-refractivity contribution in [2.75, 3.05) is 7.11 Å². The SMILES string of the molecule is COc1cccc2c1OC(O)(C(F)(F)C(F)(F)C(F)(F)F)C=C2. The van der Waals surface area contributed by atoms with Gasteiger partial charge in [-0.2, -0.15) is 30.7 Å². The number of ether oxygens (including phenoxy) is 2. The lowest BCUT2D eigenvalue weighted by molar-refractivity contribution is -0.405. The first kappa shape index (κ1) is 17.4. The van der Waals surface area contributed by atoms with E-state index in [1.54, 1.807) is 0 Å². The van der Waals surface area contributed by atoms with Crippen LogP contribution in [0.1, 0.15) is 5.56 Å². The van der Waals surface area contributed by atoms with Crippen LogP contribution in [0.2, 0.25) is 0 Å². The third kappa shape index (κ3) is 2.41. The summed E-state index contributed by atoms with van der Waals surface area (Å²) in [6, 6.07) is 3.89. The predicted octanol–water partition coefficient (Wildman–Crippen LogP) is 3.62. The van der Waals surface area contributed by atoms with Gasteiger partial charge in [-0.05, 0) is 18.2 Å². The quantitative estimate of drug-likeness (QED) is 0.850. The van der Waals surface area contributed by atoms with Gasteiger partial charge >= 0.3 is 18.0 Å². The van der Waals surface area contributed by atoms with Crippen molar-refractivity contribution >= 4 is 6.08 Å². The highest BCUT2D eigenvalue weighted by molar-refractivity contribution is 5.65. The van der Waals surface area contributed by atoms with E-state index < -0.39 is 29.6 Å². The van der Waals surface area contributed by atoms with Gasteiger partial charge in [-0.3, -0.25) is 0 Å². The second-order valence-electron chi connectivity index (χ2n) is 4.66. The molecule has 0 saturated carbocycles. The summed E-state index contributed by atoms with van der Waals surface area (Å²) in [6.07, 6.45) is -5.82. The van der Waals surface area contributed by atoms with E-state index in [1.807, 2.05) is 0 Å². The molecule has 0 aromatic heterocycles. The Morgan fingerprint density at radius 2 is 1.70 bits per heavy atom. The number of rotatable bonds is 3. The minimum Gasteiger partial charge on any atom is -0.493 e. The van der Waals surface area contributed by atoms with Crippen LogP contribution in [0.25, 0.3) is 6.08 Å². The standard InChI is InChI=1S/C13H9F7O3/c1-22-8-4-2-3-7-5-6-10(21,23-9(7)8)11(14,15)12(16,17)13(18,19)20/h2-6,21H,1H3. The maximum absolute atomic E-state index is 13.8. The number of hydrogen-bond donors (Lipinski definition) is 1. The minimum atomic E-state index is -6.59. The Balaban J connectivity index is 2.53. The van der Waals surface area contributed by atoms with E-state index in [0.717, 1.165) is 13.2 Å². The first-order valence-electron chi connectivity index (χ1n) is 5.97. The van der Waals surface area contributed by atoms with Gasteiger partial charge < -0.3 is 14.6 Å². The Morgan fingerprint density at radius 3 is 2.22 bits per heavy atom. The fourth-order valence-corrected chi connectivity index (χ4v) is 1.90. The fraction of sp³-hybridized carbons (Fsp3) is 0.385. The molecule has 128 valence electrons. The van der Waals surface area contributed by atoms with E-state index in [2.05, 4.69) is 4.74 Å². The van der Waals surface area contributed by atoms with Gasteiger partial charge in [0.05, 0.1) is 7.11 Å². The van der Waals surface area contributed by atoms with Crippen LogP contribution in [0.4, 0.5) is 30.7 Å². The van der Waals surface area contributed by atoms with E-state index in [-0.39, 0.29) is 17.4 Å². The van der Waals surface area contributed by atoms with E-state index >= 15 is 0 Å². The third-order valence-corrected chi connectivity index (χ3v) is 3.18. The Kier molecular flexibility index (Phi) is 3.79. The Labute approximate surface area is 124 Å². The maximum Gasteiger partial charge on any atom is 0.460 e. The van der Waals surface area contributed by atoms with Crippen molar-refractivity contribution in [3.8, 4) is 11.5 Å². The maximum atomic E-state index is 13.8. The first-order chi connectivity index (χ1) is 10.4. The molecule has 23 heavy (non-hydrogen) atoms. The minimum absolute atomic E-state index is 0.0361. The summed E-state index contributed by atoms with van der Waals surface area (Å²) in [4.78, 5) is 0. The van der Waals surface area contributed by atoms with Gasteiger partial charge in [0.15, 0.2) is 11.5 Å². The van der Waals surface area contributed by atoms with Gasteiger partial charge in [-0.15, -0.1) is 0 Å². The number of halogens is 7. The molecule has 1 aliphatic rings. The topological polar surface area (TPSA) is 38.7 Å². The van der Waals surface area contributed by atoms with E-state index in [9.17, 15) is 35.8 Å². The Morgan fingerprint density at radius 1 is 1.09 bits per heavy atom. The molecule has 0 aliphatic carbocycles. The van der Waals surface area contributed by atoms with Crippen molar-refractivity contribution in [2.24, 2.45) is 0 Å². The number of alkyl halides is 7. The van der Waals surface area contributed by atoms with Crippen LogP contribution < -0.4 is 9.47 Å². The molecule has 1 N–H and O–H groups in total. The lowest BCUT2D eigenvalue weighted by Crippen LogP contribution is -2.66. The number of para-hydroxylation sites is 1. The molecule has 1 unspecified atom stereocenters. The molecule has 10 heteroatoms. The van der Waals surface area contributed by atoms with Gasteiger partial charge in [0.1, 0.15) is 0 Å². The molecule has 0 saturated heterocycles. The average molecular weight is 346 g/mol. The molecule has 1 heterocycles. The van der Waals surface area contributed by atoms with Crippen LogP contribution in [0.3, 0.4) is 0 Å². The molecule has 1 atom stereocenters. The fourth-order valence-electron chi connectivity index (χ4n) is 1.90. The van der Waals surface area contributed by atoms with Crippen LogP contribution in [-0.4, -0.2) is 36.0 Å². The lowest BCUT2D eigenvalue weighted by Gasteiger charge is -2.39. The van der Waals surface area contributed by atoms with Gasteiger partial charge in [0.2, 0.25) is 0 Å². The van der Waals surface area contributed by atoms with Crippen molar-refractivity contribution in [1.29, 1.82) is 0 Å². The van der Waals surface area contributed by atoms with Crippen molar-refractivity contribution < 1.29 is 45.3 Å². The predicted molar refractivity (Wildman–Crippen MR) is 63.6 cm³/mol. The van der Waals surface area contributed by atoms with Crippen LogP contribution in [-0.2, 0) is 0 Å². The van der Waals surface area contributed by atoms with Crippen LogP contribution >= 0.6 is 0 Å². The van der Waals surface area contributed by atoms with Crippen LogP contribution in [0.5, 0.6) is 11.5 Å². The zero-order valence-corrected chi connectivity index (χ0v) is 11.3. The number of benzene rings is 1. The van der Waals surface area contributed by atoms with Crippen LogP contribution in [0.15, 0.2) is 24.3 Å². The Bertz CT molecular complexity index is 639. The highest BCUT2D eigenvalue weighted by atomic mass is 19.4. The van der Waals surface area contributed by atoms with Crippen molar-refractivity contribution in [3.63, 3.8) is 0 Å². The summed E-state index contributed by atoms with van der Waals surface area (Å²) in [7, 11) is 1.10. The van der Waals surface area contributed by atoms with Crippen molar-refractivity contribution in [1.82, 2.24) is 0 Å². The lowest BCUT2D eigenvalue weighted by atomic mass is 9.97.